The van der Waals surface area contributed by atoms with E-state index in [4.69, 9.17) is 0 Å². The van der Waals surface area contributed by atoms with Crippen molar-refractivity contribution in [3.05, 3.63) is 28.3 Å². The number of ether oxygens (including phenoxy) is 1. The number of carbonyl (C=O) groups excluding carboxylic acids is 1. The molecule has 0 atom stereocenters. The van der Waals surface area contributed by atoms with Gasteiger partial charge in [-0.05, 0) is 0 Å². The van der Waals surface area contributed by atoms with Gasteiger partial charge in [-0.2, -0.15) is 5.10 Å². The van der Waals surface area contributed by atoms with Crippen LogP contribution in [-0.2, 0) is 4.74 Å². The number of nitrogens with one attached hydrogen (secondary N) is 1. The van der Waals surface area contributed by atoms with Gasteiger partial charge in [0.15, 0.2) is 0 Å². The molecule has 0 aromatic heterocycles. The van der Waals surface area contributed by atoms with E-state index in [1.807, 2.05) is 0 Å². The standard InChI is InChI=1S/C8H7N3O4/c1-15-8(13)5-3-11(14)2-4-6(5)9-10-7(4)12/h2-3,14H,1H3,(H,10,12). The minimum absolute atomic E-state index is 0.0239. The predicted molar refractivity (Wildman–Crippen MR) is 48.0 cm³/mol. The number of hydrogen-bond donors (Lipinski definition) is 2. The quantitative estimate of drug-likeness (QED) is 0.496. The van der Waals surface area contributed by atoms with E-state index in [0.717, 1.165) is 12.4 Å². The van der Waals surface area contributed by atoms with E-state index in [1.165, 1.54) is 7.11 Å². The number of nitrogens with zero attached hydrogens (tertiary/aromatic N) is 2. The minimum Gasteiger partial charge on any atom is -0.465 e. The number of hydrogen-bond acceptors (Lipinski definition) is 5. The molecule has 0 aromatic rings. The summed E-state index contributed by atoms with van der Waals surface area (Å²) in [7, 11) is 1.20. The molecule has 78 valence electrons. The summed E-state index contributed by atoms with van der Waals surface area (Å²) < 4.78 is 5.11. The zero-order chi connectivity index (χ0) is 11.0. The highest BCUT2D eigenvalue weighted by Gasteiger charge is 2.21. The van der Waals surface area contributed by atoms with Gasteiger partial charge >= 0.3 is 5.97 Å². The summed E-state index contributed by atoms with van der Waals surface area (Å²) in [6, 6.07) is 0. The lowest BCUT2D eigenvalue weighted by Gasteiger charge is -2.05. The lowest BCUT2D eigenvalue weighted by atomic mass is 10.1. The third-order valence-electron chi connectivity index (χ3n) is 1.95. The van der Waals surface area contributed by atoms with Crippen LogP contribution < -0.4 is 5.56 Å². The van der Waals surface area contributed by atoms with Gasteiger partial charge in [-0.3, -0.25) is 4.79 Å². The van der Waals surface area contributed by atoms with Crippen molar-refractivity contribution in [2.75, 3.05) is 7.11 Å². The Balaban J connectivity index is 2.74. The molecular weight excluding hydrogens is 202 g/mol. The molecule has 2 aliphatic heterocycles. The largest absolute Gasteiger partial charge is 0.465 e. The Morgan fingerprint density at radius 1 is 1.60 bits per heavy atom. The molecule has 2 aliphatic rings. The summed E-state index contributed by atoms with van der Waals surface area (Å²) in [5.74, 6) is -0.671. The topological polar surface area (TPSA) is 97.2 Å². The maximum Gasteiger partial charge on any atom is 0.341 e. The molecule has 0 amide bonds. The number of methoxy groups -OCH3 is 1. The summed E-state index contributed by atoms with van der Waals surface area (Å²) in [5.41, 5.74) is -0.146. The first-order chi connectivity index (χ1) is 7.13. The molecule has 0 fully saturated rings. The van der Waals surface area contributed by atoms with Crippen LogP contribution in [0.1, 0.15) is 10.4 Å². The molecule has 0 spiro atoms. The Morgan fingerprint density at radius 2 is 2.33 bits per heavy atom. The third kappa shape index (κ3) is 1.33. The number of aromatic amines is 1. The number of H-pyrrole nitrogens is 1. The maximum atomic E-state index is 11.3. The van der Waals surface area contributed by atoms with Gasteiger partial charge in [0.05, 0.1) is 25.1 Å². The highest BCUT2D eigenvalue weighted by atomic mass is 16.5. The van der Waals surface area contributed by atoms with Gasteiger partial charge < -0.3 is 9.94 Å². The fraction of sp³-hybridized carbons (Fsp3) is 0.125. The monoisotopic (exact) mass is 209 g/mol. The maximum absolute atomic E-state index is 11.3. The van der Waals surface area contributed by atoms with E-state index in [2.05, 4.69) is 14.9 Å². The second-order valence-electron chi connectivity index (χ2n) is 2.86. The van der Waals surface area contributed by atoms with E-state index >= 15 is 0 Å². The Kier molecular flexibility index (Phi) is 1.93. The second kappa shape index (κ2) is 3.12. The zero-order valence-corrected chi connectivity index (χ0v) is 7.72. The van der Waals surface area contributed by atoms with Crippen LogP contribution in [0, 0.1) is 0 Å². The van der Waals surface area contributed by atoms with Gasteiger partial charge in [-0.25, -0.2) is 14.6 Å². The average molecular weight is 209 g/mol. The van der Waals surface area contributed by atoms with Crippen LogP contribution in [0.3, 0.4) is 0 Å². The van der Waals surface area contributed by atoms with Gasteiger partial charge in [0, 0.05) is 0 Å². The van der Waals surface area contributed by atoms with Gasteiger partial charge in [0.2, 0.25) is 0 Å². The first-order valence-corrected chi connectivity index (χ1v) is 4.01. The summed E-state index contributed by atoms with van der Waals surface area (Å²) in [4.78, 5) is 22.5. The Hall–Kier alpha value is -2.31. The van der Waals surface area contributed by atoms with E-state index in [-0.39, 0.29) is 16.8 Å². The summed E-state index contributed by atoms with van der Waals surface area (Å²) in [5, 5.41) is 15.1. The van der Waals surface area contributed by atoms with E-state index in [9.17, 15) is 14.8 Å². The molecule has 2 N–H and O–H groups in total. The number of esters is 1. The van der Waals surface area contributed by atoms with Gasteiger partial charge in [-0.15, -0.1) is 0 Å². The number of fused-ring (bicyclic) bond motifs is 1. The third-order valence-corrected chi connectivity index (χ3v) is 1.95. The van der Waals surface area contributed by atoms with Gasteiger partial charge in [0.25, 0.3) is 5.56 Å². The van der Waals surface area contributed by atoms with Crippen LogP contribution in [0.5, 0.6) is 0 Å². The van der Waals surface area contributed by atoms with Crippen molar-refractivity contribution in [3.8, 4) is 11.3 Å². The lowest BCUT2D eigenvalue weighted by Crippen LogP contribution is -2.10. The van der Waals surface area contributed by atoms with Crippen LogP contribution in [0.25, 0.3) is 11.3 Å². The number of aromatic nitrogens is 3. The van der Waals surface area contributed by atoms with Crippen LogP contribution >= 0.6 is 0 Å². The Labute approximate surface area is 83.2 Å². The van der Waals surface area contributed by atoms with E-state index in [1.54, 1.807) is 0 Å². The summed E-state index contributed by atoms with van der Waals surface area (Å²) in [6.07, 6.45) is 2.28. The molecule has 0 unspecified atom stereocenters. The molecular formula is C8H7N3O4. The number of carbonyl (C=O) groups is 1. The van der Waals surface area contributed by atoms with Crippen molar-refractivity contribution < 1.29 is 14.7 Å². The molecule has 2 rings (SSSR count). The summed E-state index contributed by atoms with van der Waals surface area (Å²) >= 11 is 0. The van der Waals surface area contributed by atoms with Gasteiger partial charge in [-0.1, -0.05) is 0 Å². The average Bonchev–Trinajstić information content (AvgIpc) is 2.58. The number of rotatable bonds is 1. The first kappa shape index (κ1) is 9.25. The molecule has 0 saturated heterocycles. The highest BCUT2D eigenvalue weighted by molar-refractivity contribution is 5.95. The predicted octanol–water partition coefficient (Wildman–Crippen LogP) is -0.300. The Bertz CT molecular complexity index is 541. The first-order valence-electron chi connectivity index (χ1n) is 4.01. The van der Waals surface area contributed by atoms with Crippen molar-refractivity contribution in [1.82, 2.24) is 14.9 Å². The molecule has 0 aliphatic carbocycles. The fourth-order valence-electron chi connectivity index (χ4n) is 1.28. The normalized spacial score (nSPS) is 10.5. The molecule has 2 heterocycles. The fourth-order valence-corrected chi connectivity index (χ4v) is 1.28. The molecule has 0 bridgehead atoms. The molecule has 7 heteroatoms. The van der Waals surface area contributed by atoms with E-state index in [0.29, 0.717) is 4.73 Å². The van der Waals surface area contributed by atoms with Crippen molar-refractivity contribution in [1.29, 1.82) is 0 Å². The van der Waals surface area contributed by atoms with Crippen molar-refractivity contribution >= 4 is 5.97 Å². The van der Waals surface area contributed by atoms with Crippen molar-refractivity contribution in [2.24, 2.45) is 0 Å². The highest BCUT2D eigenvalue weighted by Crippen LogP contribution is 2.19. The minimum atomic E-state index is -0.671. The molecule has 7 nitrogen and oxygen atoms in total. The van der Waals surface area contributed by atoms with Crippen LogP contribution in [-0.4, -0.2) is 33.2 Å². The Morgan fingerprint density at radius 3 is 3.00 bits per heavy atom. The smallest absolute Gasteiger partial charge is 0.341 e. The van der Waals surface area contributed by atoms with Crippen molar-refractivity contribution in [3.63, 3.8) is 0 Å². The SMILES string of the molecule is COC(=O)c1cn(O)cc2c(=O)[nH]nc1-2. The van der Waals surface area contributed by atoms with Crippen LogP contribution in [0.2, 0.25) is 0 Å². The van der Waals surface area contributed by atoms with E-state index < -0.39 is 11.5 Å². The molecule has 0 radical (unpaired) electrons. The molecule has 15 heavy (non-hydrogen) atoms. The zero-order valence-electron chi connectivity index (χ0n) is 7.72. The summed E-state index contributed by atoms with van der Waals surface area (Å²) in [6.45, 7) is 0. The second-order valence-corrected chi connectivity index (χ2v) is 2.86. The van der Waals surface area contributed by atoms with Crippen molar-refractivity contribution in [2.45, 2.75) is 0 Å². The van der Waals surface area contributed by atoms with Crippen LogP contribution in [0.15, 0.2) is 17.2 Å². The molecule has 0 saturated carbocycles. The number of pyridine rings is 1. The van der Waals surface area contributed by atoms with Crippen LogP contribution in [0.4, 0.5) is 0 Å². The van der Waals surface area contributed by atoms with Gasteiger partial charge in [0.1, 0.15) is 11.3 Å². The molecule has 0 aromatic carbocycles. The lowest BCUT2D eigenvalue weighted by molar-refractivity contribution is 0.0596.